The zero-order valence-corrected chi connectivity index (χ0v) is 6.39. The summed E-state index contributed by atoms with van der Waals surface area (Å²) in [5.74, 6) is 1.23. The summed E-state index contributed by atoms with van der Waals surface area (Å²) in [5, 5.41) is 0. The molecule has 0 aliphatic carbocycles. The third-order valence-electron chi connectivity index (χ3n) is 1.80. The molecule has 2 nitrogen and oxygen atoms in total. The van der Waals surface area contributed by atoms with E-state index in [4.69, 9.17) is 0 Å². The number of imidazole rings is 1. The Morgan fingerprint density at radius 2 is 2.00 bits per heavy atom. The van der Waals surface area contributed by atoms with Gasteiger partial charge in [0.2, 0.25) is 0 Å². The molecule has 1 aromatic rings. The van der Waals surface area contributed by atoms with Crippen molar-refractivity contribution in [2.24, 2.45) is 14.1 Å². The third-order valence-corrected chi connectivity index (χ3v) is 1.80. The number of hydrogen-bond donors (Lipinski definition) is 0. The molecular formula is C7H12N2. The predicted octanol–water partition coefficient (Wildman–Crippen LogP) is 0.267. The molecule has 0 N–H and O–H groups in total. The highest BCUT2D eigenvalue weighted by Crippen LogP contribution is 1.93. The molecule has 0 aliphatic rings. The molecule has 0 aromatic carbocycles. The topological polar surface area (TPSA) is 8.81 Å². The summed E-state index contributed by atoms with van der Waals surface area (Å²) in [6.45, 7) is 4.12. The van der Waals surface area contributed by atoms with E-state index in [-0.39, 0.29) is 0 Å². The highest BCUT2D eigenvalue weighted by molar-refractivity contribution is 4.91. The predicted molar refractivity (Wildman–Crippen MR) is 34.9 cm³/mol. The molecule has 0 saturated carbocycles. The van der Waals surface area contributed by atoms with Crippen molar-refractivity contribution in [3.8, 4) is 0 Å². The van der Waals surface area contributed by atoms with Crippen LogP contribution in [-0.4, -0.2) is 4.57 Å². The SMILES string of the molecule is Cc1[c-][n+](C)c(C)n1C. The monoisotopic (exact) mass is 124 g/mol. The summed E-state index contributed by atoms with van der Waals surface area (Å²) in [6.07, 6.45) is 3.16. The largest absolute Gasteiger partial charge is 0.400 e. The summed E-state index contributed by atoms with van der Waals surface area (Å²) < 4.78 is 4.11. The van der Waals surface area contributed by atoms with Crippen molar-refractivity contribution in [1.29, 1.82) is 0 Å². The van der Waals surface area contributed by atoms with Crippen molar-refractivity contribution < 1.29 is 4.57 Å². The Morgan fingerprint density at radius 1 is 1.44 bits per heavy atom. The average Bonchev–Trinajstić information content (AvgIpc) is 1.98. The normalized spacial score (nSPS) is 10.2. The van der Waals surface area contributed by atoms with Crippen LogP contribution in [0, 0.1) is 20.0 Å². The minimum absolute atomic E-state index is 1.18. The van der Waals surface area contributed by atoms with E-state index in [1.54, 1.807) is 0 Å². The van der Waals surface area contributed by atoms with E-state index < -0.39 is 0 Å². The van der Waals surface area contributed by atoms with Crippen molar-refractivity contribution >= 4 is 0 Å². The van der Waals surface area contributed by atoms with Gasteiger partial charge in [-0.25, -0.2) is 0 Å². The van der Waals surface area contributed by atoms with Gasteiger partial charge in [-0.15, -0.1) is 0 Å². The Bertz CT molecular complexity index is 201. The lowest BCUT2D eigenvalue weighted by atomic mass is 10.5. The van der Waals surface area contributed by atoms with E-state index >= 15 is 0 Å². The molecule has 1 rings (SSSR count). The van der Waals surface area contributed by atoms with Crippen LogP contribution in [0.4, 0.5) is 0 Å². The summed E-state index contributed by atoms with van der Waals surface area (Å²) in [5.41, 5.74) is 1.18. The van der Waals surface area contributed by atoms with Gasteiger partial charge in [0.1, 0.15) is 5.82 Å². The second kappa shape index (κ2) is 1.87. The van der Waals surface area contributed by atoms with Crippen LogP contribution >= 0.6 is 0 Å². The lowest BCUT2D eigenvalue weighted by Crippen LogP contribution is -2.29. The zero-order valence-electron chi connectivity index (χ0n) is 6.39. The molecule has 0 aliphatic heterocycles. The van der Waals surface area contributed by atoms with Gasteiger partial charge in [-0.05, 0) is 20.0 Å². The van der Waals surface area contributed by atoms with Gasteiger partial charge >= 0.3 is 0 Å². The van der Waals surface area contributed by atoms with Crippen LogP contribution in [0.15, 0.2) is 0 Å². The Morgan fingerprint density at radius 3 is 2.11 bits per heavy atom. The molecule has 9 heavy (non-hydrogen) atoms. The molecule has 0 unspecified atom stereocenters. The molecule has 0 fully saturated rings. The van der Waals surface area contributed by atoms with Gasteiger partial charge in [0.15, 0.2) is 0 Å². The Labute approximate surface area is 55.7 Å². The second-order valence-corrected chi connectivity index (χ2v) is 2.36. The highest BCUT2D eigenvalue weighted by atomic mass is 15.1. The summed E-state index contributed by atoms with van der Waals surface area (Å²) >= 11 is 0. The maximum Gasteiger partial charge on any atom is 0.105 e. The Balaban J connectivity index is 3.29. The minimum atomic E-state index is 1.18. The first-order valence-corrected chi connectivity index (χ1v) is 3.04. The first-order valence-electron chi connectivity index (χ1n) is 3.04. The Kier molecular flexibility index (Phi) is 1.31. The molecule has 0 bridgehead atoms. The van der Waals surface area contributed by atoms with E-state index in [2.05, 4.69) is 17.7 Å². The standard InChI is InChI=1S/C7H12N2/c1-6-5-8(3)7(2)9(6)4/h1-4H3. The van der Waals surface area contributed by atoms with Gasteiger partial charge in [-0.1, -0.05) is 0 Å². The molecule has 1 heterocycles. The van der Waals surface area contributed by atoms with Crippen LogP contribution < -0.4 is 4.57 Å². The fourth-order valence-electron chi connectivity index (χ4n) is 0.866. The van der Waals surface area contributed by atoms with E-state index in [1.165, 1.54) is 11.5 Å². The maximum absolute atomic E-state index is 3.16. The molecule has 0 atom stereocenters. The molecule has 1 aromatic heterocycles. The highest BCUT2D eigenvalue weighted by Gasteiger charge is 1.96. The van der Waals surface area contributed by atoms with E-state index in [0.717, 1.165) is 0 Å². The van der Waals surface area contributed by atoms with E-state index in [1.807, 2.05) is 25.6 Å². The first kappa shape index (κ1) is 6.33. The van der Waals surface area contributed by atoms with Crippen LogP contribution in [0.5, 0.6) is 0 Å². The van der Waals surface area contributed by atoms with Gasteiger partial charge in [0, 0.05) is 12.7 Å². The summed E-state index contributed by atoms with van der Waals surface area (Å²) in [7, 11) is 4.05. The molecule has 0 radical (unpaired) electrons. The average molecular weight is 124 g/mol. The number of hydrogen-bond acceptors (Lipinski definition) is 0. The lowest BCUT2D eigenvalue weighted by molar-refractivity contribution is -0.681. The number of aryl methyl sites for hydroxylation is 2. The Hall–Kier alpha value is -0.790. The number of aromatic nitrogens is 2. The fraction of sp³-hybridized carbons (Fsp3) is 0.571. The minimum Gasteiger partial charge on any atom is -0.400 e. The van der Waals surface area contributed by atoms with Crippen LogP contribution in [0.25, 0.3) is 0 Å². The fourth-order valence-corrected chi connectivity index (χ4v) is 0.866. The van der Waals surface area contributed by atoms with Crippen molar-refractivity contribution in [3.63, 3.8) is 0 Å². The molecule has 0 saturated heterocycles. The molecule has 0 spiro atoms. The molecule has 2 heteroatoms. The summed E-state index contributed by atoms with van der Waals surface area (Å²) in [6, 6.07) is 0. The number of nitrogens with zero attached hydrogens (tertiary/aromatic N) is 2. The van der Waals surface area contributed by atoms with Gasteiger partial charge in [-0.2, -0.15) is 0 Å². The smallest absolute Gasteiger partial charge is 0.105 e. The van der Waals surface area contributed by atoms with Gasteiger partial charge < -0.3 is 9.13 Å². The maximum atomic E-state index is 3.16. The van der Waals surface area contributed by atoms with Gasteiger partial charge in [-0.3, -0.25) is 0 Å². The van der Waals surface area contributed by atoms with E-state index in [0.29, 0.717) is 0 Å². The van der Waals surface area contributed by atoms with Gasteiger partial charge in [0.25, 0.3) is 0 Å². The van der Waals surface area contributed by atoms with Crippen LogP contribution in [-0.2, 0) is 14.1 Å². The second-order valence-electron chi connectivity index (χ2n) is 2.36. The van der Waals surface area contributed by atoms with Crippen LogP contribution in [0.2, 0.25) is 0 Å². The van der Waals surface area contributed by atoms with Crippen molar-refractivity contribution in [1.82, 2.24) is 4.57 Å². The van der Waals surface area contributed by atoms with Crippen LogP contribution in [0.3, 0.4) is 0 Å². The first-order chi connectivity index (χ1) is 4.13. The van der Waals surface area contributed by atoms with Crippen LogP contribution in [0.1, 0.15) is 11.5 Å². The van der Waals surface area contributed by atoms with Crippen molar-refractivity contribution in [2.75, 3.05) is 0 Å². The lowest BCUT2D eigenvalue weighted by Gasteiger charge is -1.98. The van der Waals surface area contributed by atoms with Crippen molar-refractivity contribution in [2.45, 2.75) is 13.8 Å². The van der Waals surface area contributed by atoms with E-state index in [9.17, 15) is 0 Å². The molecule has 50 valence electrons. The quantitative estimate of drug-likeness (QED) is 0.347. The zero-order chi connectivity index (χ0) is 7.02. The third kappa shape index (κ3) is 0.846. The van der Waals surface area contributed by atoms with Gasteiger partial charge in [0.05, 0.1) is 7.05 Å². The summed E-state index contributed by atoms with van der Waals surface area (Å²) in [4.78, 5) is 0. The molecular weight excluding hydrogens is 112 g/mol. The van der Waals surface area contributed by atoms with Crippen molar-refractivity contribution in [3.05, 3.63) is 17.7 Å². The number of rotatable bonds is 0. The molecule has 0 amide bonds.